The lowest BCUT2D eigenvalue weighted by molar-refractivity contribution is 0.0560. The van der Waals surface area contributed by atoms with Crippen LogP contribution in [0.1, 0.15) is 86.9 Å². The van der Waals surface area contributed by atoms with Gasteiger partial charge in [0, 0.05) is 48.3 Å². The molecule has 2 aliphatic heterocycles. The maximum atomic E-state index is 4.98. The molecule has 33 heavy (non-hydrogen) atoms. The summed E-state index contributed by atoms with van der Waals surface area (Å²) < 4.78 is 4.42. The van der Waals surface area contributed by atoms with Gasteiger partial charge in [-0.3, -0.25) is 0 Å². The molecule has 0 N–H and O–H groups in total. The molecule has 0 bridgehead atoms. The summed E-state index contributed by atoms with van der Waals surface area (Å²) in [6.45, 7) is 20.0. The third kappa shape index (κ3) is 5.26. The predicted molar refractivity (Wildman–Crippen MR) is 145 cm³/mol. The summed E-state index contributed by atoms with van der Waals surface area (Å²) in [4.78, 5) is 19.0. The molecule has 0 saturated carbocycles. The minimum atomic E-state index is -0.0243. The van der Waals surface area contributed by atoms with Gasteiger partial charge in [0.2, 0.25) is 11.9 Å². The van der Waals surface area contributed by atoms with E-state index in [4.69, 9.17) is 40.6 Å². The topological polar surface area (TPSA) is 51.6 Å². The van der Waals surface area contributed by atoms with Crippen LogP contribution in [0, 0.1) is 6.92 Å². The molecule has 0 spiro atoms. The lowest BCUT2D eigenvalue weighted by atomic mass is 9.79. The number of rotatable bonds is 4. The van der Waals surface area contributed by atoms with Crippen molar-refractivity contribution in [2.75, 3.05) is 23.9 Å². The quantitative estimate of drug-likeness (QED) is 0.583. The molecule has 3 rings (SSSR count). The van der Waals surface area contributed by atoms with Crippen molar-refractivity contribution in [1.29, 1.82) is 0 Å². The van der Waals surface area contributed by atoms with E-state index in [9.17, 15) is 0 Å². The maximum Gasteiger partial charge on any atom is 0.230 e. The van der Waals surface area contributed by atoms with Crippen LogP contribution in [0.5, 0.6) is 0 Å². The normalized spacial score (nSPS) is 25.7. The van der Waals surface area contributed by atoms with E-state index >= 15 is 0 Å². The zero-order chi connectivity index (χ0) is 25.1. The lowest BCUT2D eigenvalue weighted by Crippen LogP contribution is -2.60. The average Bonchev–Trinajstić information content (AvgIpc) is 2.67. The molecule has 2 saturated heterocycles. The van der Waals surface area contributed by atoms with Gasteiger partial charge >= 0.3 is 0 Å². The summed E-state index contributed by atoms with van der Waals surface area (Å²) in [6.07, 6.45) is 3.98. The first-order valence-electron chi connectivity index (χ1n) is 12.0. The van der Waals surface area contributed by atoms with Crippen LogP contribution in [0.15, 0.2) is 0 Å². The molecule has 7 nitrogen and oxygen atoms in total. The van der Waals surface area contributed by atoms with Crippen molar-refractivity contribution in [2.45, 2.75) is 122 Å². The fraction of sp³-hybridized carbons (Fsp3) is 0.875. The zero-order valence-corrected chi connectivity index (χ0v) is 24.3. The number of hydrogen-bond acceptors (Lipinski definition) is 9. The molecule has 1 aromatic rings. The van der Waals surface area contributed by atoms with E-state index in [1.54, 1.807) is 0 Å². The molecule has 0 aliphatic carbocycles. The first kappa shape index (κ1) is 26.8. The molecule has 9 heteroatoms. The second-order valence-electron chi connectivity index (χ2n) is 12.7. The van der Waals surface area contributed by atoms with Crippen molar-refractivity contribution < 1.29 is 0 Å². The first-order valence-corrected chi connectivity index (χ1v) is 12.8. The molecule has 2 fully saturated rings. The van der Waals surface area contributed by atoms with Crippen molar-refractivity contribution in [3.8, 4) is 0 Å². The van der Waals surface area contributed by atoms with Crippen LogP contribution in [0.4, 0.5) is 11.9 Å². The Balaban J connectivity index is 1.88. The summed E-state index contributed by atoms with van der Waals surface area (Å²) in [5, 5.41) is 0. The predicted octanol–water partition coefficient (Wildman–Crippen LogP) is 4.79. The number of thiol groups is 2. The fourth-order valence-electron chi connectivity index (χ4n) is 6.08. The fourth-order valence-corrected chi connectivity index (χ4v) is 6.41. The Hall–Kier alpha value is -0.770. The van der Waals surface area contributed by atoms with Crippen LogP contribution >= 0.6 is 25.6 Å². The first-order chi connectivity index (χ1) is 14.9. The number of aromatic nitrogens is 3. The van der Waals surface area contributed by atoms with Gasteiger partial charge in [0.15, 0.2) is 0 Å². The van der Waals surface area contributed by atoms with Gasteiger partial charge in [0.1, 0.15) is 5.82 Å². The molecule has 188 valence electrons. The standard InChI is InChI=1S/C24H45N7S2/c1-16-25-19(28(10)17-12-21(2,3)30(32)22(4,5)13-17)27-20(26-16)29(11)18-14-23(6,7)31(33)24(8,9)15-18/h17-18,32-33H,12-15H2,1-11H3. The van der Waals surface area contributed by atoms with Gasteiger partial charge in [-0.2, -0.15) is 15.0 Å². The smallest absolute Gasteiger partial charge is 0.230 e. The molecule has 0 atom stereocenters. The summed E-state index contributed by atoms with van der Waals surface area (Å²) in [5.74, 6) is 2.25. The molecular weight excluding hydrogens is 450 g/mol. The summed E-state index contributed by atoms with van der Waals surface area (Å²) in [7, 11) is 4.24. The monoisotopic (exact) mass is 495 g/mol. The van der Waals surface area contributed by atoms with E-state index in [-0.39, 0.29) is 22.2 Å². The molecule has 1 aromatic heterocycles. The zero-order valence-electron chi connectivity index (χ0n) is 22.5. The molecule has 3 heterocycles. The van der Waals surface area contributed by atoms with Gasteiger partial charge in [-0.15, -0.1) is 0 Å². The highest BCUT2D eigenvalue weighted by molar-refractivity contribution is 7.78. The summed E-state index contributed by atoms with van der Waals surface area (Å²) in [5.41, 5.74) is -0.0973. The minimum Gasteiger partial charge on any atom is -0.341 e. The molecule has 2 aliphatic rings. The summed E-state index contributed by atoms with van der Waals surface area (Å²) in [6, 6.07) is 0.646. The highest BCUT2D eigenvalue weighted by atomic mass is 32.1. The number of nitrogens with zero attached hydrogens (tertiary/aromatic N) is 7. The molecular formula is C24H45N7S2. The molecule has 0 unspecified atom stereocenters. The Labute approximate surface area is 212 Å². The molecule has 0 aromatic carbocycles. The van der Waals surface area contributed by atoms with Crippen LogP contribution in [-0.4, -0.2) is 71.9 Å². The van der Waals surface area contributed by atoms with Gasteiger partial charge in [0.05, 0.1) is 0 Å². The summed E-state index contributed by atoms with van der Waals surface area (Å²) >= 11 is 9.66. The lowest BCUT2D eigenvalue weighted by Gasteiger charge is -2.54. The van der Waals surface area contributed by atoms with Crippen molar-refractivity contribution in [3.63, 3.8) is 0 Å². The van der Waals surface area contributed by atoms with E-state index in [2.05, 4.69) is 87.9 Å². The van der Waals surface area contributed by atoms with Gasteiger partial charge < -0.3 is 9.80 Å². The van der Waals surface area contributed by atoms with Gasteiger partial charge in [-0.1, -0.05) is 25.6 Å². The van der Waals surface area contributed by atoms with E-state index in [1.165, 1.54) is 0 Å². The largest absolute Gasteiger partial charge is 0.341 e. The molecule has 0 radical (unpaired) electrons. The van der Waals surface area contributed by atoms with Crippen molar-refractivity contribution in [1.82, 2.24) is 23.6 Å². The number of anilines is 2. The number of piperidine rings is 2. The second kappa shape index (κ2) is 8.71. The van der Waals surface area contributed by atoms with Crippen LogP contribution < -0.4 is 9.80 Å². The van der Waals surface area contributed by atoms with Crippen LogP contribution in [0.2, 0.25) is 0 Å². The minimum absolute atomic E-state index is 0.0243. The van der Waals surface area contributed by atoms with Crippen LogP contribution in [-0.2, 0) is 0 Å². The SMILES string of the molecule is Cc1nc(N(C)C2CC(C)(C)N(S)C(C)(C)C2)nc(N(C)C2CC(C)(C)N(S)C(C)(C)C2)n1. The van der Waals surface area contributed by atoms with E-state index in [0.29, 0.717) is 12.1 Å². The molecule has 0 amide bonds. The third-order valence-corrected chi connectivity index (χ3v) is 9.85. The Bertz CT molecular complexity index is 768. The van der Waals surface area contributed by atoms with E-state index < -0.39 is 0 Å². The second-order valence-corrected chi connectivity index (χ2v) is 13.5. The third-order valence-electron chi connectivity index (χ3n) is 7.68. The Kier molecular flexibility index (Phi) is 7.08. The van der Waals surface area contributed by atoms with Crippen LogP contribution in [0.3, 0.4) is 0 Å². The average molecular weight is 496 g/mol. The van der Waals surface area contributed by atoms with Gasteiger partial charge in [0.25, 0.3) is 0 Å². The number of hydrogen-bond donors (Lipinski definition) is 2. The van der Waals surface area contributed by atoms with Crippen molar-refractivity contribution >= 4 is 37.5 Å². The Morgan fingerprint density at radius 2 is 0.909 bits per heavy atom. The Morgan fingerprint density at radius 3 is 1.18 bits per heavy atom. The van der Waals surface area contributed by atoms with E-state index in [1.807, 2.05) is 6.92 Å². The number of aryl methyl sites for hydroxylation is 1. The van der Waals surface area contributed by atoms with Crippen molar-refractivity contribution in [2.24, 2.45) is 0 Å². The van der Waals surface area contributed by atoms with Gasteiger partial charge in [-0.05, 0) is 88.0 Å². The van der Waals surface area contributed by atoms with E-state index in [0.717, 1.165) is 43.4 Å². The Morgan fingerprint density at radius 1 is 0.636 bits per heavy atom. The highest BCUT2D eigenvalue weighted by Crippen LogP contribution is 2.43. The highest BCUT2D eigenvalue weighted by Gasteiger charge is 2.47. The van der Waals surface area contributed by atoms with Crippen LogP contribution in [0.25, 0.3) is 0 Å². The van der Waals surface area contributed by atoms with Gasteiger partial charge in [-0.25, -0.2) is 8.61 Å². The maximum absolute atomic E-state index is 4.98. The van der Waals surface area contributed by atoms with Crippen molar-refractivity contribution in [3.05, 3.63) is 5.82 Å².